The first-order chi connectivity index (χ1) is 18.7. The first-order valence-corrected chi connectivity index (χ1v) is 13.3. The summed E-state index contributed by atoms with van der Waals surface area (Å²) in [5.74, 6) is 1.03. The number of pyridine rings is 2. The molecular formula is C31H33BrN6O. The third kappa shape index (κ3) is 6.53. The van der Waals surface area contributed by atoms with Gasteiger partial charge in [-0.25, -0.2) is 9.97 Å². The molecule has 1 aliphatic carbocycles. The number of imidazole rings is 1. The summed E-state index contributed by atoms with van der Waals surface area (Å²) in [5, 5.41) is 13.0. The molecule has 0 saturated heterocycles. The van der Waals surface area contributed by atoms with Crippen molar-refractivity contribution in [1.29, 1.82) is 0 Å². The summed E-state index contributed by atoms with van der Waals surface area (Å²) in [6.07, 6.45) is 5.27. The van der Waals surface area contributed by atoms with E-state index in [9.17, 15) is 5.11 Å². The van der Waals surface area contributed by atoms with Crippen molar-refractivity contribution in [2.75, 3.05) is 0 Å². The minimum Gasteiger partial charge on any atom is -0.493 e. The van der Waals surface area contributed by atoms with E-state index in [0.29, 0.717) is 6.54 Å². The number of nitrogens with zero attached hydrogens (tertiary/aromatic N) is 4. The van der Waals surface area contributed by atoms with Crippen LogP contribution >= 0.6 is 17.0 Å². The van der Waals surface area contributed by atoms with E-state index >= 15 is 0 Å². The molecule has 0 spiro atoms. The molecule has 5 aromatic rings. The van der Waals surface area contributed by atoms with Gasteiger partial charge in [0.2, 0.25) is 5.88 Å². The summed E-state index contributed by atoms with van der Waals surface area (Å²) in [5.41, 5.74) is 7.94. The summed E-state index contributed by atoms with van der Waals surface area (Å²) in [4.78, 5) is 19.9. The van der Waals surface area contributed by atoms with Gasteiger partial charge in [-0.3, -0.25) is 9.88 Å². The molecule has 7 nitrogen and oxygen atoms in total. The van der Waals surface area contributed by atoms with Crippen LogP contribution in [-0.4, -0.2) is 29.9 Å². The van der Waals surface area contributed by atoms with Crippen LogP contribution in [0.25, 0.3) is 11.0 Å². The minimum atomic E-state index is 0. The van der Waals surface area contributed by atoms with Crippen molar-refractivity contribution in [1.82, 2.24) is 30.2 Å². The number of para-hydroxylation sites is 2. The van der Waals surface area contributed by atoms with E-state index < -0.39 is 0 Å². The Bertz CT molecular complexity index is 1490. The monoisotopic (exact) mass is 584 g/mol. The Labute approximate surface area is 239 Å². The third-order valence-electron chi connectivity index (χ3n) is 7.23. The van der Waals surface area contributed by atoms with Gasteiger partial charge in [-0.1, -0.05) is 48.5 Å². The van der Waals surface area contributed by atoms with Gasteiger partial charge in [-0.2, -0.15) is 0 Å². The predicted octanol–water partition coefficient (Wildman–Crippen LogP) is 6.01. The van der Waals surface area contributed by atoms with Crippen LogP contribution in [0.2, 0.25) is 0 Å². The molecule has 2 aromatic carbocycles. The first kappa shape index (κ1) is 27.0. The Morgan fingerprint density at radius 3 is 2.56 bits per heavy atom. The second-order valence-electron chi connectivity index (χ2n) is 9.97. The Balaban J connectivity index is 0.00000308. The fraction of sp³-hybridized carbons (Fsp3) is 0.258. The largest absolute Gasteiger partial charge is 0.493 e. The number of benzene rings is 2. The van der Waals surface area contributed by atoms with Crippen molar-refractivity contribution in [3.8, 4) is 5.88 Å². The zero-order valence-corrected chi connectivity index (χ0v) is 23.5. The molecular weight excluding hydrogens is 552 g/mol. The molecule has 3 heterocycles. The average Bonchev–Trinajstić information content (AvgIpc) is 3.36. The summed E-state index contributed by atoms with van der Waals surface area (Å²) >= 11 is 0. The van der Waals surface area contributed by atoms with Crippen molar-refractivity contribution >= 4 is 28.0 Å². The zero-order valence-electron chi connectivity index (χ0n) is 21.8. The molecule has 39 heavy (non-hydrogen) atoms. The lowest BCUT2D eigenvalue weighted by atomic mass is 9.90. The lowest BCUT2D eigenvalue weighted by molar-refractivity contribution is 0.153. The summed E-state index contributed by atoms with van der Waals surface area (Å²) < 4.78 is 0. The van der Waals surface area contributed by atoms with Gasteiger partial charge in [0.05, 0.1) is 35.0 Å². The van der Waals surface area contributed by atoms with Gasteiger partial charge in [0.15, 0.2) is 0 Å². The molecule has 1 atom stereocenters. The number of aromatic amines is 1. The Hall–Kier alpha value is -3.59. The van der Waals surface area contributed by atoms with Gasteiger partial charge in [0.1, 0.15) is 5.82 Å². The predicted molar refractivity (Wildman–Crippen MR) is 158 cm³/mol. The molecule has 200 valence electrons. The van der Waals surface area contributed by atoms with Crippen molar-refractivity contribution in [2.45, 2.75) is 51.5 Å². The van der Waals surface area contributed by atoms with Crippen molar-refractivity contribution in [3.05, 3.63) is 119 Å². The van der Waals surface area contributed by atoms with Gasteiger partial charge in [0, 0.05) is 31.9 Å². The topological polar surface area (TPSA) is 90.0 Å². The van der Waals surface area contributed by atoms with Crippen molar-refractivity contribution in [2.24, 2.45) is 0 Å². The Morgan fingerprint density at radius 1 is 0.872 bits per heavy atom. The number of aromatic nitrogens is 4. The van der Waals surface area contributed by atoms with Gasteiger partial charge in [-0.15, -0.1) is 17.0 Å². The maximum Gasteiger partial charge on any atom is 0.210 e. The van der Waals surface area contributed by atoms with E-state index in [-0.39, 0.29) is 28.9 Å². The highest BCUT2D eigenvalue weighted by Crippen LogP contribution is 2.34. The molecule has 0 fully saturated rings. The standard InChI is InChI=1S/C31H32N6O.BrH/c38-30-12-4-8-25(34-30)19-32-18-22-13-15-23(16-14-22)20-37(21-29-35-26-9-1-2-10-27(26)36-29)28-11-3-6-24-7-5-17-33-31(24)28;/h1-2,4-5,7-10,12-17,28,32H,3,6,11,18-21H2,(H,34,38)(H,35,36);1H. The SMILES string of the molecule is Br.Oc1cccc(CNCc2ccc(CN(Cc3nc4ccccc4[nH]3)C3CCCc4cccnc43)cc2)n1. The van der Waals surface area contributed by atoms with Crippen molar-refractivity contribution in [3.63, 3.8) is 0 Å². The Kier molecular flexibility index (Phi) is 8.66. The van der Waals surface area contributed by atoms with E-state index in [1.807, 2.05) is 36.5 Å². The molecule has 1 unspecified atom stereocenters. The molecule has 3 aromatic heterocycles. The number of nitrogens with one attached hydrogen (secondary N) is 2. The molecule has 3 N–H and O–H groups in total. The first-order valence-electron chi connectivity index (χ1n) is 13.3. The van der Waals surface area contributed by atoms with Crippen molar-refractivity contribution < 1.29 is 5.11 Å². The van der Waals surface area contributed by atoms with Crippen LogP contribution in [0.3, 0.4) is 0 Å². The molecule has 0 radical (unpaired) electrons. The third-order valence-corrected chi connectivity index (χ3v) is 7.23. The number of halogens is 1. The van der Waals surface area contributed by atoms with Gasteiger partial charge in [0.25, 0.3) is 0 Å². The molecule has 0 amide bonds. The van der Waals surface area contributed by atoms with Crippen LogP contribution in [0.1, 0.15) is 52.8 Å². The number of rotatable bonds is 9. The quantitative estimate of drug-likeness (QED) is 0.197. The number of aromatic hydroxyl groups is 1. The number of fused-ring (bicyclic) bond motifs is 2. The highest BCUT2D eigenvalue weighted by Gasteiger charge is 2.28. The van der Waals surface area contributed by atoms with Gasteiger partial charge < -0.3 is 15.4 Å². The second-order valence-corrected chi connectivity index (χ2v) is 9.97. The van der Waals surface area contributed by atoms with Gasteiger partial charge >= 0.3 is 0 Å². The fourth-order valence-electron chi connectivity index (χ4n) is 5.39. The van der Waals surface area contributed by atoms with Crippen LogP contribution in [-0.2, 0) is 32.6 Å². The molecule has 0 bridgehead atoms. The van der Waals surface area contributed by atoms with E-state index in [0.717, 1.165) is 55.0 Å². The minimum absolute atomic E-state index is 0. The highest BCUT2D eigenvalue weighted by atomic mass is 79.9. The molecule has 6 rings (SSSR count). The highest BCUT2D eigenvalue weighted by molar-refractivity contribution is 8.93. The van der Waals surface area contributed by atoms with Crippen LogP contribution in [0, 0.1) is 0 Å². The van der Waals surface area contributed by atoms with E-state index in [4.69, 9.17) is 9.97 Å². The molecule has 0 saturated carbocycles. The Morgan fingerprint density at radius 2 is 1.72 bits per heavy atom. The van der Waals surface area contributed by atoms with Crippen LogP contribution in [0.4, 0.5) is 0 Å². The summed E-state index contributed by atoms with van der Waals surface area (Å²) in [6, 6.07) is 26.8. The number of H-pyrrole nitrogens is 1. The average molecular weight is 586 g/mol. The molecule has 8 heteroatoms. The van der Waals surface area contributed by atoms with Gasteiger partial charge in [-0.05, 0) is 60.2 Å². The number of hydrogen-bond donors (Lipinski definition) is 3. The van der Waals surface area contributed by atoms with Crippen LogP contribution < -0.4 is 5.32 Å². The zero-order chi connectivity index (χ0) is 25.7. The fourth-order valence-corrected chi connectivity index (χ4v) is 5.39. The molecule has 1 aliphatic rings. The van der Waals surface area contributed by atoms with Crippen LogP contribution in [0.5, 0.6) is 5.88 Å². The number of hydrogen-bond acceptors (Lipinski definition) is 6. The summed E-state index contributed by atoms with van der Waals surface area (Å²) in [7, 11) is 0. The van der Waals surface area contributed by atoms with E-state index in [1.165, 1.54) is 28.8 Å². The lowest BCUT2D eigenvalue weighted by Gasteiger charge is -2.34. The lowest BCUT2D eigenvalue weighted by Crippen LogP contribution is -2.31. The van der Waals surface area contributed by atoms with E-state index in [2.05, 4.69) is 62.6 Å². The molecule has 0 aliphatic heterocycles. The normalized spacial score (nSPS) is 14.7. The van der Waals surface area contributed by atoms with Crippen LogP contribution in [0.15, 0.2) is 85.1 Å². The smallest absolute Gasteiger partial charge is 0.210 e. The second kappa shape index (κ2) is 12.5. The number of aryl methyl sites for hydroxylation is 1. The van der Waals surface area contributed by atoms with E-state index in [1.54, 1.807) is 6.07 Å². The summed E-state index contributed by atoms with van der Waals surface area (Å²) in [6.45, 7) is 2.89. The maximum absolute atomic E-state index is 9.56. The maximum atomic E-state index is 9.56.